The van der Waals surface area contributed by atoms with Crippen molar-refractivity contribution in [3.05, 3.63) is 35.4 Å². The monoisotopic (exact) mass is 188 g/mol. The van der Waals surface area contributed by atoms with Crippen LogP contribution in [0.1, 0.15) is 24.3 Å². The van der Waals surface area contributed by atoms with Crippen LogP contribution in [-0.4, -0.2) is 12.7 Å². The lowest BCUT2D eigenvalue weighted by Gasteiger charge is -2.09. The Kier molecular flexibility index (Phi) is 2.53. The van der Waals surface area contributed by atoms with Gasteiger partial charge in [-0.2, -0.15) is 0 Å². The maximum Gasteiger partial charge on any atom is 0.184 e. The minimum Gasteiger partial charge on any atom is -0.346 e. The first-order chi connectivity index (χ1) is 6.79. The van der Waals surface area contributed by atoms with Gasteiger partial charge >= 0.3 is 0 Å². The van der Waals surface area contributed by atoms with Crippen molar-refractivity contribution < 1.29 is 9.47 Å². The summed E-state index contributed by atoms with van der Waals surface area (Å²) in [6.45, 7) is 2.65. The molecule has 0 aliphatic carbocycles. The van der Waals surface area contributed by atoms with Gasteiger partial charge in [0.05, 0.1) is 12.7 Å². The van der Waals surface area contributed by atoms with Gasteiger partial charge in [-0.3, -0.25) is 0 Å². The van der Waals surface area contributed by atoms with E-state index in [2.05, 4.69) is 5.92 Å². The molecule has 1 fully saturated rings. The standard InChI is InChI=1S/C12H12O2/c1-3-10-4-6-11(7-5-10)12-13-8-9(2)14-12/h1,4-7,9,12H,8H2,2H3. The average molecular weight is 188 g/mol. The third-order valence-corrected chi connectivity index (χ3v) is 2.19. The van der Waals surface area contributed by atoms with E-state index < -0.39 is 0 Å². The van der Waals surface area contributed by atoms with Gasteiger partial charge in [-0.15, -0.1) is 6.42 Å². The van der Waals surface area contributed by atoms with Gasteiger partial charge in [0.15, 0.2) is 6.29 Å². The molecule has 2 heteroatoms. The van der Waals surface area contributed by atoms with Crippen LogP contribution in [-0.2, 0) is 9.47 Å². The van der Waals surface area contributed by atoms with Crippen LogP contribution in [0.4, 0.5) is 0 Å². The molecule has 2 nitrogen and oxygen atoms in total. The van der Waals surface area contributed by atoms with Crippen molar-refractivity contribution in [2.75, 3.05) is 6.61 Å². The third kappa shape index (κ3) is 1.79. The van der Waals surface area contributed by atoms with Crippen LogP contribution in [0, 0.1) is 12.3 Å². The smallest absolute Gasteiger partial charge is 0.184 e. The van der Waals surface area contributed by atoms with Crippen LogP contribution in [0.25, 0.3) is 0 Å². The summed E-state index contributed by atoms with van der Waals surface area (Å²) < 4.78 is 11.0. The Labute approximate surface area is 83.8 Å². The molecule has 1 aromatic rings. The first-order valence-corrected chi connectivity index (χ1v) is 4.63. The Hall–Kier alpha value is -1.30. The summed E-state index contributed by atoms with van der Waals surface area (Å²) in [5.74, 6) is 2.57. The van der Waals surface area contributed by atoms with Crippen molar-refractivity contribution in [2.45, 2.75) is 19.3 Å². The van der Waals surface area contributed by atoms with Gasteiger partial charge in [-0.05, 0) is 19.1 Å². The SMILES string of the molecule is C#Cc1ccc(C2OCC(C)O2)cc1. The first kappa shape index (κ1) is 9.26. The molecule has 0 amide bonds. The predicted octanol–water partition coefficient (Wildman–Crippen LogP) is 2.10. The highest BCUT2D eigenvalue weighted by atomic mass is 16.7. The van der Waals surface area contributed by atoms with Gasteiger partial charge in [0.1, 0.15) is 0 Å². The van der Waals surface area contributed by atoms with Gasteiger partial charge in [0, 0.05) is 11.1 Å². The fraction of sp³-hybridized carbons (Fsp3) is 0.333. The topological polar surface area (TPSA) is 18.5 Å². The van der Waals surface area contributed by atoms with Crippen molar-refractivity contribution in [1.82, 2.24) is 0 Å². The lowest BCUT2D eigenvalue weighted by atomic mass is 10.1. The average Bonchev–Trinajstić information content (AvgIpc) is 2.65. The fourth-order valence-corrected chi connectivity index (χ4v) is 1.42. The number of benzene rings is 1. The molecule has 2 rings (SSSR count). The maximum absolute atomic E-state index is 5.55. The van der Waals surface area contributed by atoms with Crippen LogP contribution in [0.5, 0.6) is 0 Å². The van der Waals surface area contributed by atoms with Crippen LogP contribution in [0.3, 0.4) is 0 Å². The van der Waals surface area contributed by atoms with E-state index in [1.54, 1.807) is 0 Å². The molecule has 0 spiro atoms. The number of rotatable bonds is 1. The Morgan fingerprint density at radius 1 is 1.36 bits per heavy atom. The van der Waals surface area contributed by atoms with Crippen LogP contribution < -0.4 is 0 Å². The molecule has 1 heterocycles. The Balaban J connectivity index is 2.14. The molecule has 0 aromatic heterocycles. The quantitative estimate of drug-likeness (QED) is 0.628. The Morgan fingerprint density at radius 2 is 2.07 bits per heavy atom. The van der Waals surface area contributed by atoms with Gasteiger partial charge < -0.3 is 9.47 Å². The van der Waals surface area contributed by atoms with Crippen molar-refractivity contribution >= 4 is 0 Å². The largest absolute Gasteiger partial charge is 0.346 e. The zero-order chi connectivity index (χ0) is 9.97. The van der Waals surface area contributed by atoms with E-state index in [0.29, 0.717) is 6.61 Å². The molecular weight excluding hydrogens is 176 g/mol. The van der Waals surface area contributed by atoms with E-state index in [-0.39, 0.29) is 12.4 Å². The van der Waals surface area contributed by atoms with Gasteiger partial charge in [0.2, 0.25) is 0 Å². The van der Waals surface area contributed by atoms with Crippen molar-refractivity contribution in [2.24, 2.45) is 0 Å². The lowest BCUT2D eigenvalue weighted by molar-refractivity contribution is -0.0572. The highest BCUT2D eigenvalue weighted by Gasteiger charge is 2.23. The highest BCUT2D eigenvalue weighted by Crippen LogP contribution is 2.26. The summed E-state index contributed by atoms with van der Waals surface area (Å²) in [5, 5.41) is 0. The minimum absolute atomic E-state index is 0.173. The maximum atomic E-state index is 5.55. The Bertz CT molecular complexity index is 348. The van der Waals surface area contributed by atoms with E-state index in [9.17, 15) is 0 Å². The van der Waals surface area contributed by atoms with E-state index in [1.807, 2.05) is 31.2 Å². The van der Waals surface area contributed by atoms with E-state index in [0.717, 1.165) is 11.1 Å². The third-order valence-electron chi connectivity index (χ3n) is 2.19. The molecule has 2 unspecified atom stereocenters. The summed E-state index contributed by atoms with van der Waals surface area (Å²) >= 11 is 0. The Morgan fingerprint density at radius 3 is 2.57 bits per heavy atom. The molecule has 1 aromatic carbocycles. The molecule has 2 atom stereocenters. The molecule has 1 saturated heterocycles. The van der Waals surface area contributed by atoms with Gasteiger partial charge in [-0.25, -0.2) is 0 Å². The van der Waals surface area contributed by atoms with E-state index >= 15 is 0 Å². The summed E-state index contributed by atoms with van der Waals surface area (Å²) in [7, 11) is 0. The molecule has 0 saturated carbocycles. The normalized spacial score (nSPS) is 26.0. The summed E-state index contributed by atoms with van der Waals surface area (Å²) in [5.41, 5.74) is 1.90. The van der Waals surface area contributed by atoms with E-state index in [4.69, 9.17) is 15.9 Å². The first-order valence-electron chi connectivity index (χ1n) is 4.63. The summed E-state index contributed by atoms with van der Waals surface area (Å²) in [6, 6.07) is 7.67. The number of ether oxygens (including phenoxy) is 2. The molecule has 1 aliphatic rings. The van der Waals surface area contributed by atoms with E-state index in [1.165, 1.54) is 0 Å². The van der Waals surface area contributed by atoms with Gasteiger partial charge in [-0.1, -0.05) is 18.1 Å². The van der Waals surface area contributed by atoms with Crippen LogP contribution >= 0.6 is 0 Å². The van der Waals surface area contributed by atoms with Crippen LogP contribution in [0.2, 0.25) is 0 Å². The zero-order valence-electron chi connectivity index (χ0n) is 8.07. The predicted molar refractivity (Wildman–Crippen MR) is 53.6 cm³/mol. The minimum atomic E-state index is -0.225. The molecular formula is C12H12O2. The van der Waals surface area contributed by atoms with Crippen molar-refractivity contribution in [3.8, 4) is 12.3 Å². The van der Waals surface area contributed by atoms with Crippen molar-refractivity contribution in [1.29, 1.82) is 0 Å². The molecule has 0 N–H and O–H groups in total. The zero-order valence-corrected chi connectivity index (χ0v) is 8.07. The fourth-order valence-electron chi connectivity index (χ4n) is 1.42. The summed E-state index contributed by atoms with van der Waals surface area (Å²) in [6.07, 6.45) is 5.21. The second-order valence-corrected chi connectivity index (χ2v) is 3.38. The lowest BCUT2D eigenvalue weighted by Crippen LogP contribution is -2.02. The molecule has 1 aliphatic heterocycles. The summed E-state index contributed by atoms with van der Waals surface area (Å²) in [4.78, 5) is 0. The molecule has 14 heavy (non-hydrogen) atoms. The molecule has 0 bridgehead atoms. The van der Waals surface area contributed by atoms with Crippen molar-refractivity contribution in [3.63, 3.8) is 0 Å². The number of terminal acetylenes is 1. The molecule has 0 radical (unpaired) electrons. The second kappa shape index (κ2) is 3.83. The molecule has 72 valence electrons. The van der Waals surface area contributed by atoms with Gasteiger partial charge in [0.25, 0.3) is 0 Å². The number of hydrogen-bond acceptors (Lipinski definition) is 2. The highest BCUT2D eigenvalue weighted by molar-refractivity contribution is 5.34. The number of hydrogen-bond donors (Lipinski definition) is 0. The van der Waals surface area contributed by atoms with Crippen LogP contribution in [0.15, 0.2) is 24.3 Å². The second-order valence-electron chi connectivity index (χ2n) is 3.38.